The number of aliphatic hydroxyl groups excluding tert-OH is 1. The smallest absolute Gasteiger partial charge is 0.315 e. The molecule has 0 fully saturated rings. The van der Waals surface area contributed by atoms with E-state index in [0.29, 0.717) is 23.8 Å². The van der Waals surface area contributed by atoms with E-state index in [4.69, 9.17) is 4.52 Å². The summed E-state index contributed by atoms with van der Waals surface area (Å²) in [4.78, 5) is 11.7. The first kappa shape index (κ1) is 17.0. The number of hydrogen-bond acceptors (Lipinski definition) is 4. The molecule has 0 saturated carbocycles. The molecule has 2 rings (SSSR count). The summed E-state index contributed by atoms with van der Waals surface area (Å²) in [7, 11) is 0. The molecule has 0 aliphatic carbocycles. The fraction of sp³-hybridized carbons (Fsp3) is 0.412. The van der Waals surface area contributed by atoms with Crippen LogP contribution >= 0.6 is 0 Å². The van der Waals surface area contributed by atoms with Crippen LogP contribution in [0.2, 0.25) is 0 Å². The van der Waals surface area contributed by atoms with Crippen molar-refractivity contribution in [2.45, 2.75) is 32.9 Å². The molecule has 0 bridgehead atoms. The third kappa shape index (κ3) is 5.75. The number of aromatic nitrogens is 1. The Morgan fingerprint density at radius 2 is 2.00 bits per heavy atom. The van der Waals surface area contributed by atoms with Crippen molar-refractivity contribution in [2.75, 3.05) is 6.54 Å². The molecule has 1 aromatic carbocycles. The monoisotopic (exact) mass is 317 g/mol. The summed E-state index contributed by atoms with van der Waals surface area (Å²) >= 11 is 0. The fourth-order valence-corrected chi connectivity index (χ4v) is 2.20. The van der Waals surface area contributed by atoms with Crippen molar-refractivity contribution in [3.05, 3.63) is 42.1 Å². The summed E-state index contributed by atoms with van der Waals surface area (Å²) in [5, 5.41) is 19.0. The first-order valence-electron chi connectivity index (χ1n) is 7.75. The van der Waals surface area contributed by atoms with Crippen LogP contribution in [0.3, 0.4) is 0 Å². The molecule has 0 spiro atoms. The lowest BCUT2D eigenvalue weighted by molar-refractivity contribution is 0.147. The van der Waals surface area contributed by atoms with Crippen LogP contribution in [-0.4, -0.2) is 28.9 Å². The number of aliphatic hydroxyl groups is 1. The summed E-state index contributed by atoms with van der Waals surface area (Å²) in [5.41, 5.74) is 1.58. The first-order valence-corrected chi connectivity index (χ1v) is 7.75. The summed E-state index contributed by atoms with van der Waals surface area (Å²) in [6, 6.07) is 11.1. The predicted molar refractivity (Wildman–Crippen MR) is 87.6 cm³/mol. The number of carbonyl (C=O) groups is 1. The molecule has 0 aliphatic rings. The van der Waals surface area contributed by atoms with Crippen molar-refractivity contribution >= 4 is 6.03 Å². The molecule has 0 radical (unpaired) electrons. The Hall–Kier alpha value is -2.34. The van der Waals surface area contributed by atoms with Crippen molar-refractivity contribution < 1.29 is 14.4 Å². The van der Waals surface area contributed by atoms with Crippen molar-refractivity contribution in [3.8, 4) is 11.3 Å². The van der Waals surface area contributed by atoms with Gasteiger partial charge in [-0.3, -0.25) is 0 Å². The summed E-state index contributed by atoms with van der Waals surface area (Å²) in [6.07, 6.45) is 0.127. The minimum absolute atomic E-state index is 0.234. The maximum absolute atomic E-state index is 11.7. The first-order chi connectivity index (χ1) is 11.0. The Balaban J connectivity index is 1.76. The minimum Gasteiger partial charge on any atom is -0.391 e. The number of amides is 2. The highest BCUT2D eigenvalue weighted by molar-refractivity contribution is 5.73. The van der Waals surface area contributed by atoms with E-state index in [2.05, 4.69) is 15.8 Å². The molecule has 1 heterocycles. The molecule has 3 N–H and O–H groups in total. The molecule has 1 atom stereocenters. The Morgan fingerprint density at radius 1 is 1.26 bits per heavy atom. The van der Waals surface area contributed by atoms with Gasteiger partial charge in [0.05, 0.1) is 12.6 Å². The molecule has 0 aliphatic heterocycles. The third-order valence-corrected chi connectivity index (χ3v) is 3.29. The van der Waals surface area contributed by atoms with Gasteiger partial charge in [0.25, 0.3) is 0 Å². The number of nitrogens with one attached hydrogen (secondary N) is 2. The molecular weight excluding hydrogens is 294 g/mol. The maximum Gasteiger partial charge on any atom is 0.315 e. The van der Waals surface area contributed by atoms with Crippen LogP contribution in [0.4, 0.5) is 4.79 Å². The summed E-state index contributed by atoms with van der Waals surface area (Å²) in [5.74, 6) is 1.05. The molecule has 2 amide bonds. The molecule has 1 unspecified atom stereocenters. The van der Waals surface area contributed by atoms with Gasteiger partial charge >= 0.3 is 6.03 Å². The largest absolute Gasteiger partial charge is 0.391 e. The molecule has 2 aromatic rings. The highest BCUT2D eigenvalue weighted by Crippen LogP contribution is 2.19. The van der Waals surface area contributed by atoms with Crippen molar-refractivity contribution in [2.24, 2.45) is 5.92 Å². The van der Waals surface area contributed by atoms with Crippen LogP contribution in [0, 0.1) is 5.92 Å². The van der Waals surface area contributed by atoms with Gasteiger partial charge in [-0.25, -0.2) is 4.79 Å². The van der Waals surface area contributed by atoms with E-state index in [1.165, 1.54) is 0 Å². The second-order valence-electron chi connectivity index (χ2n) is 5.90. The van der Waals surface area contributed by atoms with E-state index in [9.17, 15) is 9.90 Å². The number of urea groups is 1. The second kappa shape index (κ2) is 8.33. The SMILES string of the molecule is CC(C)CC(O)CNC(=O)NCc1cc(-c2ccccc2)on1. The number of rotatable bonds is 7. The van der Waals surface area contributed by atoms with Gasteiger partial charge in [-0.05, 0) is 12.3 Å². The minimum atomic E-state index is -0.530. The summed E-state index contributed by atoms with van der Waals surface area (Å²) < 4.78 is 5.26. The van der Waals surface area contributed by atoms with Crippen LogP contribution in [0.25, 0.3) is 11.3 Å². The van der Waals surface area contributed by atoms with Crippen LogP contribution in [0.1, 0.15) is 26.0 Å². The van der Waals surface area contributed by atoms with Crippen molar-refractivity contribution in [1.29, 1.82) is 0 Å². The van der Waals surface area contributed by atoms with Gasteiger partial charge in [0.1, 0.15) is 5.69 Å². The van der Waals surface area contributed by atoms with Gasteiger partial charge in [-0.1, -0.05) is 49.3 Å². The zero-order valence-electron chi connectivity index (χ0n) is 13.5. The van der Waals surface area contributed by atoms with Crippen LogP contribution in [0.15, 0.2) is 40.9 Å². The maximum atomic E-state index is 11.7. The van der Waals surface area contributed by atoms with E-state index in [-0.39, 0.29) is 19.1 Å². The Kier molecular flexibility index (Phi) is 6.17. The van der Waals surface area contributed by atoms with E-state index in [1.807, 2.05) is 44.2 Å². The Labute approximate surface area is 135 Å². The highest BCUT2D eigenvalue weighted by atomic mass is 16.5. The Morgan fingerprint density at radius 3 is 2.70 bits per heavy atom. The quantitative estimate of drug-likeness (QED) is 0.732. The van der Waals surface area contributed by atoms with E-state index in [0.717, 1.165) is 5.56 Å². The molecule has 0 saturated heterocycles. The molecule has 6 heteroatoms. The Bertz CT molecular complexity index is 611. The zero-order valence-corrected chi connectivity index (χ0v) is 13.5. The predicted octanol–water partition coefficient (Wildman–Crippen LogP) is 2.55. The lowest BCUT2D eigenvalue weighted by Gasteiger charge is -2.13. The third-order valence-electron chi connectivity index (χ3n) is 3.29. The van der Waals surface area contributed by atoms with Crippen LogP contribution in [0.5, 0.6) is 0 Å². The molecule has 1 aromatic heterocycles. The molecular formula is C17H23N3O3. The van der Waals surface area contributed by atoms with Crippen molar-refractivity contribution in [1.82, 2.24) is 15.8 Å². The normalized spacial score (nSPS) is 12.2. The second-order valence-corrected chi connectivity index (χ2v) is 5.90. The van der Waals surface area contributed by atoms with E-state index >= 15 is 0 Å². The highest BCUT2D eigenvalue weighted by Gasteiger charge is 2.10. The summed E-state index contributed by atoms with van der Waals surface area (Å²) in [6.45, 7) is 4.55. The van der Waals surface area contributed by atoms with Gasteiger partial charge in [-0.2, -0.15) is 0 Å². The fourth-order valence-electron chi connectivity index (χ4n) is 2.20. The van der Waals surface area contributed by atoms with E-state index < -0.39 is 6.10 Å². The number of nitrogens with zero attached hydrogens (tertiary/aromatic N) is 1. The van der Waals surface area contributed by atoms with Crippen molar-refractivity contribution in [3.63, 3.8) is 0 Å². The van der Waals surface area contributed by atoms with Crippen LogP contribution in [-0.2, 0) is 6.54 Å². The van der Waals surface area contributed by atoms with Gasteiger partial charge < -0.3 is 20.3 Å². The average molecular weight is 317 g/mol. The molecule has 6 nitrogen and oxygen atoms in total. The topological polar surface area (TPSA) is 87.4 Å². The van der Waals surface area contributed by atoms with E-state index in [1.54, 1.807) is 6.07 Å². The number of carbonyl (C=O) groups excluding carboxylic acids is 1. The lowest BCUT2D eigenvalue weighted by atomic mass is 10.1. The lowest BCUT2D eigenvalue weighted by Crippen LogP contribution is -2.39. The zero-order chi connectivity index (χ0) is 16.7. The standard InChI is InChI=1S/C17H23N3O3/c1-12(2)8-15(21)11-19-17(22)18-10-14-9-16(23-20-14)13-6-4-3-5-7-13/h3-7,9,12,15,21H,8,10-11H2,1-2H3,(H2,18,19,22). The average Bonchev–Trinajstić information content (AvgIpc) is 3.00. The number of benzene rings is 1. The van der Waals surface area contributed by atoms with Gasteiger partial charge in [-0.15, -0.1) is 0 Å². The van der Waals surface area contributed by atoms with Gasteiger partial charge in [0.2, 0.25) is 0 Å². The van der Waals surface area contributed by atoms with Gasteiger partial charge in [0, 0.05) is 18.2 Å². The van der Waals surface area contributed by atoms with Gasteiger partial charge in [0.15, 0.2) is 5.76 Å². The van der Waals surface area contributed by atoms with Crippen LogP contribution < -0.4 is 10.6 Å². The number of hydrogen-bond donors (Lipinski definition) is 3. The molecule has 23 heavy (non-hydrogen) atoms. The molecule has 124 valence electrons.